The molecular formula is C23H23Cl2F6N3O4S. The number of carbonyl (C=O) groups is 2. The van der Waals surface area contributed by atoms with Gasteiger partial charge in [0.2, 0.25) is 0 Å². The maximum absolute atomic E-state index is 13.5. The third kappa shape index (κ3) is 6.29. The molecule has 216 valence electrons. The number of benzene rings is 1. The number of piperidine rings is 1. The lowest BCUT2D eigenvalue weighted by atomic mass is 9.91. The largest absolute Gasteiger partial charge is 0.430 e. The summed E-state index contributed by atoms with van der Waals surface area (Å²) in [5.74, 6) is -1.41. The van der Waals surface area contributed by atoms with Gasteiger partial charge in [-0.15, -0.1) is 11.3 Å². The van der Waals surface area contributed by atoms with Gasteiger partial charge in [0.25, 0.3) is 17.4 Å². The van der Waals surface area contributed by atoms with Gasteiger partial charge in [0.15, 0.2) is 5.01 Å². The SMILES string of the molecule is CC(C)(O)CNC(=O)c1nc(C(=O)N2CCCCC2)c(-c2ccc(C(O)(C(F)(F)F)C(F)(F)F)c(Cl)c2Cl)s1. The lowest BCUT2D eigenvalue weighted by molar-refractivity contribution is -0.376. The van der Waals surface area contributed by atoms with E-state index in [0.29, 0.717) is 43.3 Å². The predicted molar refractivity (Wildman–Crippen MR) is 132 cm³/mol. The minimum Gasteiger partial charge on any atom is -0.389 e. The summed E-state index contributed by atoms with van der Waals surface area (Å²) in [6.07, 6.45) is -10.1. The summed E-state index contributed by atoms with van der Waals surface area (Å²) in [4.78, 5) is 31.5. The molecule has 1 aliphatic rings. The Balaban J connectivity index is 2.17. The minimum absolute atomic E-state index is 0.125. The van der Waals surface area contributed by atoms with Crippen molar-refractivity contribution in [3.05, 3.63) is 38.4 Å². The summed E-state index contributed by atoms with van der Waals surface area (Å²) in [5, 5.41) is 19.8. The lowest BCUT2D eigenvalue weighted by Gasteiger charge is -2.33. The van der Waals surface area contributed by atoms with Crippen molar-refractivity contribution < 1.29 is 46.1 Å². The molecule has 3 rings (SSSR count). The Labute approximate surface area is 232 Å². The fourth-order valence-electron chi connectivity index (χ4n) is 3.83. The van der Waals surface area contributed by atoms with Gasteiger partial charge in [-0.1, -0.05) is 35.3 Å². The van der Waals surface area contributed by atoms with Crippen LogP contribution in [0, 0.1) is 0 Å². The highest BCUT2D eigenvalue weighted by Gasteiger charge is 2.72. The Morgan fingerprint density at radius 3 is 2.08 bits per heavy atom. The molecule has 1 aromatic heterocycles. The minimum atomic E-state index is -6.20. The molecule has 2 heterocycles. The van der Waals surface area contributed by atoms with Crippen LogP contribution in [0.25, 0.3) is 10.4 Å². The van der Waals surface area contributed by atoms with Crippen LogP contribution in [0.3, 0.4) is 0 Å². The van der Waals surface area contributed by atoms with Crippen LogP contribution in [0.4, 0.5) is 26.3 Å². The van der Waals surface area contributed by atoms with E-state index in [-0.39, 0.29) is 27.7 Å². The molecule has 2 amide bonds. The molecule has 0 spiro atoms. The zero-order chi connectivity index (χ0) is 29.6. The van der Waals surface area contributed by atoms with Crippen LogP contribution in [0.15, 0.2) is 12.1 Å². The van der Waals surface area contributed by atoms with E-state index in [0.717, 1.165) is 12.5 Å². The maximum Gasteiger partial charge on any atom is 0.430 e. The molecule has 7 nitrogen and oxygen atoms in total. The topological polar surface area (TPSA) is 103 Å². The molecule has 0 unspecified atom stereocenters. The highest BCUT2D eigenvalue weighted by molar-refractivity contribution is 7.17. The number of nitrogens with one attached hydrogen (secondary N) is 1. The van der Waals surface area contributed by atoms with Crippen molar-refractivity contribution in [2.75, 3.05) is 19.6 Å². The molecule has 1 fully saturated rings. The standard InChI is InChI=1S/C23H23Cl2F6N3O4S/c1-20(2,37)10-32-17(35)18-33-15(19(36)34-8-4-3-5-9-34)16(39-18)11-6-7-12(14(25)13(11)24)21(38,22(26,27)28)23(29,30)31/h6-7,37-38H,3-5,8-10H2,1-2H3,(H,32,35). The number of halogens is 8. The normalized spacial score (nSPS) is 15.4. The Bertz CT molecular complexity index is 1240. The average Bonchev–Trinajstić information content (AvgIpc) is 3.27. The van der Waals surface area contributed by atoms with Gasteiger partial charge in [0.1, 0.15) is 5.69 Å². The van der Waals surface area contributed by atoms with Crippen LogP contribution in [-0.4, -0.2) is 69.5 Å². The predicted octanol–water partition coefficient (Wildman–Crippen LogP) is 5.56. The van der Waals surface area contributed by atoms with E-state index in [4.69, 9.17) is 23.2 Å². The first-order valence-electron chi connectivity index (χ1n) is 11.4. The summed E-state index contributed by atoms with van der Waals surface area (Å²) < 4.78 is 80.7. The molecule has 16 heteroatoms. The quantitative estimate of drug-likeness (QED) is 0.367. The summed E-state index contributed by atoms with van der Waals surface area (Å²) in [6, 6.07) is 1.05. The second kappa shape index (κ2) is 11.0. The third-order valence-electron chi connectivity index (χ3n) is 5.89. The molecule has 39 heavy (non-hydrogen) atoms. The highest BCUT2D eigenvalue weighted by Crippen LogP contribution is 2.54. The lowest BCUT2D eigenvalue weighted by Crippen LogP contribution is -2.54. The summed E-state index contributed by atoms with van der Waals surface area (Å²) in [6.45, 7) is 3.41. The molecule has 0 atom stereocenters. The van der Waals surface area contributed by atoms with Gasteiger partial charge in [-0.05, 0) is 33.1 Å². The Morgan fingerprint density at radius 1 is 1.00 bits per heavy atom. The summed E-state index contributed by atoms with van der Waals surface area (Å²) >= 11 is 12.6. The molecule has 2 aromatic rings. The van der Waals surface area contributed by atoms with E-state index < -0.39 is 51.0 Å². The van der Waals surface area contributed by atoms with E-state index >= 15 is 0 Å². The van der Waals surface area contributed by atoms with Crippen molar-refractivity contribution in [1.82, 2.24) is 15.2 Å². The van der Waals surface area contributed by atoms with Gasteiger partial charge in [-0.3, -0.25) is 9.59 Å². The molecule has 1 saturated heterocycles. The average molecular weight is 622 g/mol. The van der Waals surface area contributed by atoms with Gasteiger partial charge in [0, 0.05) is 30.8 Å². The fraction of sp³-hybridized carbons (Fsp3) is 0.522. The van der Waals surface area contributed by atoms with E-state index in [2.05, 4.69) is 10.3 Å². The van der Waals surface area contributed by atoms with Crippen molar-refractivity contribution in [3.63, 3.8) is 0 Å². The fourth-order valence-corrected chi connectivity index (χ4v) is 5.46. The first-order valence-corrected chi connectivity index (χ1v) is 13.0. The van der Waals surface area contributed by atoms with Crippen LogP contribution in [-0.2, 0) is 5.60 Å². The second-order valence-electron chi connectivity index (χ2n) is 9.54. The smallest absolute Gasteiger partial charge is 0.389 e. The van der Waals surface area contributed by atoms with Crippen LogP contribution in [0.5, 0.6) is 0 Å². The molecule has 1 aliphatic heterocycles. The van der Waals surface area contributed by atoms with Crippen molar-refractivity contribution in [2.24, 2.45) is 0 Å². The summed E-state index contributed by atoms with van der Waals surface area (Å²) in [5.41, 5.74) is -8.95. The molecule has 1 aromatic carbocycles. The van der Waals surface area contributed by atoms with Gasteiger partial charge in [-0.25, -0.2) is 4.98 Å². The van der Waals surface area contributed by atoms with E-state index in [1.165, 1.54) is 18.7 Å². The third-order valence-corrected chi connectivity index (χ3v) is 7.86. The van der Waals surface area contributed by atoms with Crippen LogP contribution in [0.2, 0.25) is 10.0 Å². The first-order chi connectivity index (χ1) is 17.8. The van der Waals surface area contributed by atoms with Crippen molar-refractivity contribution in [1.29, 1.82) is 0 Å². The van der Waals surface area contributed by atoms with E-state index in [1.54, 1.807) is 0 Å². The van der Waals surface area contributed by atoms with Gasteiger partial charge in [0.05, 0.1) is 20.5 Å². The molecule has 0 bridgehead atoms. The Morgan fingerprint density at radius 2 is 1.56 bits per heavy atom. The number of likely N-dealkylation sites (tertiary alicyclic amines) is 1. The number of alkyl halides is 6. The number of amides is 2. The molecular weight excluding hydrogens is 599 g/mol. The second-order valence-corrected chi connectivity index (χ2v) is 11.3. The highest BCUT2D eigenvalue weighted by atomic mass is 35.5. The number of carbonyl (C=O) groups excluding carboxylic acids is 2. The molecule has 0 saturated carbocycles. The van der Waals surface area contributed by atoms with Crippen LogP contribution in [0.1, 0.15) is 59.0 Å². The van der Waals surface area contributed by atoms with Crippen molar-refractivity contribution in [2.45, 2.75) is 56.7 Å². The number of hydrogen-bond acceptors (Lipinski definition) is 6. The van der Waals surface area contributed by atoms with Gasteiger partial charge >= 0.3 is 12.4 Å². The van der Waals surface area contributed by atoms with Crippen molar-refractivity contribution in [3.8, 4) is 10.4 Å². The van der Waals surface area contributed by atoms with Gasteiger partial charge in [-0.2, -0.15) is 26.3 Å². The zero-order valence-corrected chi connectivity index (χ0v) is 22.8. The summed E-state index contributed by atoms with van der Waals surface area (Å²) in [7, 11) is 0. The number of aromatic nitrogens is 1. The first kappa shape index (κ1) is 31.4. The van der Waals surface area contributed by atoms with Crippen LogP contribution < -0.4 is 5.32 Å². The number of nitrogens with zero attached hydrogens (tertiary/aromatic N) is 2. The maximum atomic E-state index is 13.5. The zero-order valence-electron chi connectivity index (χ0n) is 20.4. The number of rotatable bonds is 6. The van der Waals surface area contributed by atoms with E-state index in [1.807, 2.05) is 0 Å². The monoisotopic (exact) mass is 621 g/mol. The number of thiazole rings is 1. The van der Waals surface area contributed by atoms with Crippen LogP contribution >= 0.6 is 34.5 Å². The van der Waals surface area contributed by atoms with Gasteiger partial charge < -0.3 is 20.4 Å². The number of aliphatic hydroxyl groups is 2. The molecule has 0 radical (unpaired) electrons. The molecule has 0 aliphatic carbocycles. The van der Waals surface area contributed by atoms with Crippen molar-refractivity contribution >= 4 is 46.4 Å². The number of hydrogen-bond donors (Lipinski definition) is 3. The molecule has 3 N–H and O–H groups in total. The Hall–Kier alpha value is -2.13. The Kier molecular flexibility index (Phi) is 8.88. The van der Waals surface area contributed by atoms with E-state index in [9.17, 15) is 46.1 Å².